The Hall–Kier alpha value is -0.260. The van der Waals surface area contributed by atoms with Gasteiger partial charge in [-0.2, -0.15) is 0 Å². The molecule has 1 atom stereocenters. The minimum absolute atomic E-state index is 0. The number of H-pyrrole nitrogens is 2. The van der Waals surface area contributed by atoms with Gasteiger partial charge in [-0.15, -0.1) is 0 Å². The van der Waals surface area contributed by atoms with E-state index in [1.54, 1.807) is 12.1 Å². The Morgan fingerprint density at radius 1 is 1.29 bits per heavy atom. The van der Waals surface area contributed by atoms with Gasteiger partial charge in [0.1, 0.15) is 17.1 Å². The van der Waals surface area contributed by atoms with Gasteiger partial charge in [0.05, 0.1) is 11.0 Å². The zero-order valence-corrected chi connectivity index (χ0v) is 12.4. The number of benzene rings is 1. The molecule has 0 saturated carbocycles. The molecule has 1 unspecified atom stereocenters. The number of hydrogen-bond donors (Lipinski definition) is 2. The molecule has 0 saturated heterocycles. The van der Waals surface area contributed by atoms with E-state index < -0.39 is 11.4 Å². The van der Waals surface area contributed by atoms with Crippen molar-refractivity contribution in [1.29, 1.82) is 0 Å². The molecule has 0 aliphatic carbocycles. The van der Waals surface area contributed by atoms with E-state index in [9.17, 15) is 8.76 Å². The average molecular weight is 289 g/mol. The molecule has 10 heteroatoms. The molecule has 17 heavy (non-hydrogen) atoms. The molecule has 1 aromatic carbocycles. The largest absolute Gasteiger partial charge is 1.00 e. The van der Waals surface area contributed by atoms with Crippen LogP contribution in [0.4, 0.5) is 0 Å². The number of hydrogen-bond acceptors (Lipinski definition) is 4. The van der Waals surface area contributed by atoms with Crippen LogP contribution in [0, 0.1) is 4.77 Å². The van der Waals surface area contributed by atoms with Crippen LogP contribution in [-0.4, -0.2) is 29.7 Å². The fraction of sp³-hybridized carbons (Fsp3) is 0. The van der Waals surface area contributed by atoms with Crippen LogP contribution in [0.2, 0.25) is 0 Å². The number of fused-ring (bicyclic) bond motifs is 1. The molecule has 0 amide bonds. The first-order chi connectivity index (χ1) is 6.65. The van der Waals surface area contributed by atoms with Gasteiger partial charge in [-0.05, 0) is 24.4 Å². The second-order valence-electron chi connectivity index (χ2n) is 2.57. The zero-order valence-electron chi connectivity index (χ0n) is 9.77. The van der Waals surface area contributed by atoms with Crippen LogP contribution in [0.3, 0.4) is 0 Å². The fourth-order valence-corrected chi connectivity index (χ4v) is 1.62. The molecule has 2 rings (SSSR count). The van der Waals surface area contributed by atoms with E-state index in [0.29, 0.717) is 10.3 Å². The van der Waals surface area contributed by atoms with Gasteiger partial charge in [0, 0.05) is 6.07 Å². The number of rotatable bonds is 2. The molecule has 0 aliphatic heterocycles. The van der Waals surface area contributed by atoms with Gasteiger partial charge in [0.25, 0.3) is 0 Å². The molecule has 2 aromatic rings. The summed E-state index contributed by atoms with van der Waals surface area (Å²) >= 11 is 2.32. The number of nitrogens with one attached hydrogen (secondary N) is 2. The summed E-state index contributed by atoms with van der Waals surface area (Å²) in [4.78, 5) is 5.74. The predicted molar refractivity (Wildman–Crippen MR) is 61.4 cm³/mol. The fourth-order valence-electron chi connectivity index (χ4n) is 1.14. The van der Waals surface area contributed by atoms with Gasteiger partial charge in [-0.1, -0.05) is 0 Å². The number of imidazole rings is 1. The van der Waals surface area contributed by atoms with Crippen LogP contribution >= 0.6 is 12.2 Å². The molecule has 0 spiro atoms. The molecule has 0 radical (unpaired) electrons. The summed E-state index contributed by atoms with van der Waals surface area (Å²) in [5.74, 6) is 0.246. The normalized spacial score (nSPS) is 10.6. The first kappa shape index (κ1) is 19.1. The van der Waals surface area contributed by atoms with Gasteiger partial charge >= 0.3 is 29.6 Å². The molecule has 7 nitrogen and oxygen atoms in total. The van der Waals surface area contributed by atoms with Gasteiger partial charge in [-0.25, -0.2) is 4.21 Å². The molecule has 0 fully saturated rings. The zero-order chi connectivity index (χ0) is 10.1. The summed E-state index contributed by atoms with van der Waals surface area (Å²) in [6, 6.07) is 4.78. The van der Waals surface area contributed by atoms with E-state index in [4.69, 9.17) is 12.2 Å². The van der Waals surface area contributed by atoms with Gasteiger partial charge < -0.3 is 31.1 Å². The van der Waals surface area contributed by atoms with E-state index in [2.05, 4.69) is 14.2 Å². The molecular formula is C7H10N2NaO5S2-. The van der Waals surface area contributed by atoms with Crippen LogP contribution in [0.1, 0.15) is 1.43 Å². The quantitative estimate of drug-likeness (QED) is 0.342. The summed E-state index contributed by atoms with van der Waals surface area (Å²) in [6.45, 7) is 0. The maximum absolute atomic E-state index is 10.2. The Balaban J connectivity index is -0.000000562. The predicted octanol–water partition coefficient (Wildman–Crippen LogP) is -3.13. The molecular weight excluding hydrogens is 279 g/mol. The van der Waals surface area contributed by atoms with E-state index >= 15 is 0 Å². The van der Waals surface area contributed by atoms with Crippen LogP contribution in [0.25, 0.3) is 11.0 Å². The van der Waals surface area contributed by atoms with Crippen molar-refractivity contribution in [1.82, 2.24) is 9.97 Å². The van der Waals surface area contributed by atoms with Gasteiger partial charge in [0.2, 0.25) is 0 Å². The van der Waals surface area contributed by atoms with Crippen molar-refractivity contribution in [2.45, 2.75) is 0 Å². The topological polar surface area (TPSA) is 144 Å². The Labute approximate surface area is 127 Å². The Morgan fingerprint density at radius 3 is 2.47 bits per heavy atom. The monoisotopic (exact) mass is 289 g/mol. The van der Waals surface area contributed by atoms with E-state index in [1.807, 2.05) is 0 Å². The molecule has 1 aromatic heterocycles. The minimum atomic E-state index is -2.55. The summed E-state index contributed by atoms with van der Waals surface area (Å²) in [7, 11) is 0. The third kappa shape index (κ3) is 4.85. The first-order valence-corrected chi connectivity index (χ1v) is 5.05. The standard InChI is InChI=1S/C7H6N2O3S2.Na.2H2O.H/c10-14(11)12-4-1-2-5-6(3-4)9-7(13)8-5;;;;/h1-3H,(H,10,11)(H2,8,9,13);;2*1H2;/q;+1;;;-1/p-1. The third-order valence-electron chi connectivity index (χ3n) is 1.65. The SMILES string of the molecule is O.O.O=S([O-])Oc1ccc2[nH]c(=S)[nH]c2c1.[H-].[Na+]. The summed E-state index contributed by atoms with van der Waals surface area (Å²) in [5, 5.41) is 0. The van der Waals surface area contributed by atoms with Crippen molar-refractivity contribution < 1.29 is 54.9 Å². The first-order valence-electron chi connectivity index (χ1n) is 3.65. The van der Waals surface area contributed by atoms with Crippen molar-refractivity contribution in [3.05, 3.63) is 23.0 Å². The summed E-state index contributed by atoms with van der Waals surface area (Å²) in [6.07, 6.45) is 0. The second kappa shape index (κ2) is 7.95. The van der Waals surface area contributed by atoms with Crippen LogP contribution < -0.4 is 33.7 Å². The molecule has 92 valence electrons. The Morgan fingerprint density at radius 2 is 1.88 bits per heavy atom. The van der Waals surface area contributed by atoms with Crippen molar-refractivity contribution in [2.75, 3.05) is 0 Å². The molecule has 1 heterocycles. The maximum atomic E-state index is 10.2. The minimum Gasteiger partial charge on any atom is -1.00 e. The molecule has 0 bridgehead atoms. The third-order valence-corrected chi connectivity index (χ3v) is 2.18. The van der Waals surface area contributed by atoms with Gasteiger partial charge in [0.15, 0.2) is 4.77 Å². The Bertz CT molecular complexity index is 560. The van der Waals surface area contributed by atoms with E-state index in [1.165, 1.54) is 6.07 Å². The number of aromatic nitrogens is 2. The summed E-state index contributed by atoms with van der Waals surface area (Å²) < 4.78 is 25.5. The Kier molecular flexibility index (Phi) is 8.93. The molecule has 6 N–H and O–H groups in total. The summed E-state index contributed by atoms with van der Waals surface area (Å²) in [5.41, 5.74) is 1.51. The smallest absolute Gasteiger partial charge is 1.00 e. The van der Waals surface area contributed by atoms with Crippen molar-refractivity contribution in [2.24, 2.45) is 0 Å². The van der Waals surface area contributed by atoms with E-state index in [-0.39, 0.29) is 47.7 Å². The van der Waals surface area contributed by atoms with Crippen LogP contribution in [0.5, 0.6) is 5.75 Å². The van der Waals surface area contributed by atoms with E-state index in [0.717, 1.165) is 5.52 Å². The van der Waals surface area contributed by atoms with Gasteiger partial charge in [-0.3, -0.25) is 0 Å². The van der Waals surface area contributed by atoms with Crippen molar-refractivity contribution in [3.8, 4) is 5.75 Å². The maximum Gasteiger partial charge on any atom is 1.00 e. The molecule has 0 aliphatic rings. The number of aromatic amines is 2. The average Bonchev–Trinajstić information content (AvgIpc) is 2.42. The van der Waals surface area contributed by atoms with Crippen LogP contribution in [-0.2, 0) is 11.4 Å². The van der Waals surface area contributed by atoms with Crippen molar-refractivity contribution >= 4 is 34.6 Å². The van der Waals surface area contributed by atoms with Crippen LogP contribution in [0.15, 0.2) is 18.2 Å². The second-order valence-corrected chi connectivity index (χ2v) is 3.56. The van der Waals surface area contributed by atoms with Crippen molar-refractivity contribution in [3.63, 3.8) is 0 Å².